The number of ether oxygens (including phenoxy) is 2. The summed E-state index contributed by atoms with van der Waals surface area (Å²) in [5.41, 5.74) is 1.52. The molecule has 0 fully saturated rings. The van der Waals surface area contributed by atoms with Crippen molar-refractivity contribution in [2.45, 2.75) is 26.1 Å². The zero-order valence-electron chi connectivity index (χ0n) is 14.6. The van der Waals surface area contributed by atoms with Crippen LogP contribution in [0.15, 0.2) is 60.7 Å². The van der Waals surface area contributed by atoms with E-state index in [4.69, 9.17) is 9.47 Å². The summed E-state index contributed by atoms with van der Waals surface area (Å²) in [4.78, 5) is 22.6. The fraction of sp³-hybridized carbons (Fsp3) is 0.182. The van der Waals surface area contributed by atoms with Gasteiger partial charge in [-0.3, -0.25) is 9.59 Å². The summed E-state index contributed by atoms with van der Waals surface area (Å²) in [5, 5.41) is 0. The average Bonchev–Trinajstić information content (AvgIpc) is 2.64. The Labute approximate surface area is 153 Å². The monoisotopic (exact) mass is 346 g/mol. The summed E-state index contributed by atoms with van der Waals surface area (Å²) in [6, 6.07) is 18.4. The summed E-state index contributed by atoms with van der Waals surface area (Å²) in [6.07, 6.45) is -1.40. The van der Waals surface area contributed by atoms with Crippen molar-refractivity contribution < 1.29 is 19.1 Å². The van der Waals surface area contributed by atoms with Crippen LogP contribution in [0.2, 0.25) is 0 Å². The molecule has 2 unspecified atom stereocenters. The molecule has 0 saturated heterocycles. The number of carbonyl (C=O) groups is 2. The molecule has 26 heavy (non-hydrogen) atoms. The van der Waals surface area contributed by atoms with Crippen LogP contribution < -0.4 is 0 Å². The Hall–Kier alpha value is -3.50. The van der Waals surface area contributed by atoms with Gasteiger partial charge in [-0.15, -0.1) is 0 Å². The topological polar surface area (TPSA) is 52.6 Å². The highest BCUT2D eigenvalue weighted by atomic mass is 16.5. The first-order valence-electron chi connectivity index (χ1n) is 8.01. The highest BCUT2D eigenvalue weighted by molar-refractivity contribution is 5.67. The van der Waals surface area contributed by atoms with Gasteiger partial charge < -0.3 is 9.47 Å². The van der Waals surface area contributed by atoms with Crippen LogP contribution >= 0.6 is 0 Å². The Bertz CT molecular complexity index is 789. The largest absolute Gasteiger partial charge is 0.444 e. The van der Waals surface area contributed by atoms with Crippen LogP contribution in [0.25, 0.3) is 0 Å². The molecule has 0 bridgehead atoms. The molecule has 0 aromatic heterocycles. The average molecular weight is 346 g/mol. The Morgan fingerprint density at radius 1 is 0.692 bits per heavy atom. The fourth-order valence-corrected chi connectivity index (χ4v) is 2.15. The molecule has 0 aliphatic carbocycles. The lowest BCUT2D eigenvalue weighted by Crippen LogP contribution is -2.07. The van der Waals surface area contributed by atoms with Crippen molar-refractivity contribution in [3.63, 3.8) is 0 Å². The maximum atomic E-state index is 11.3. The quantitative estimate of drug-likeness (QED) is 0.627. The molecule has 0 amide bonds. The number of carbonyl (C=O) groups excluding carboxylic acids is 2. The van der Waals surface area contributed by atoms with Gasteiger partial charge in [0.2, 0.25) is 0 Å². The Balaban J connectivity index is 2.21. The van der Waals surface area contributed by atoms with Gasteiger partial charge in [0, 0.05) is 25.0 Å². The van der Waals surface area contributed by atoms with Crippen LogP contribution in [-0.2, 0) is 19.1 Å². The first-order chi connectivity index (χ1) is 12.6. The van der Waals surface area contributed by atoms with Crippen molar-refractivity contribution in [3.8, 4) is 23.7 Å². The van der Waals surface area contributed by atoms with Crippen molar-refractivity contribution in [1.82, 2.24) is 0 Å². The summed E-state index contributed by atoms with van der Waals surface area (Å²) < 4.78 is 10.5. The summed E-state index contributed by atoms with van der Waals surface area (Å²) >= 11 is 0. The molecule has 0 saturated carbocycles. The summed E-state index contributed by atoms with van der Waals surface area (Å²) in [5.74, 6) is 10.2. The van der Waals surface area contributed by atoms with Crippen molar-refractivity contribution in [2.75, 3.05) is 0 Å². The highest BCUT2D eigenvalue weighted by Crippen LogP contribution is 2.17. The lowest BCUT2D eigenvalue weighted by molar-refractivity contribution is -0.145. The molecular formula is C22H18O4. The molecule has 0 aliphatic heterocycles. The number of rotatable bonds is 4. The van der Waals surface area contributed by atoms with Gasteiger partial charge in [0.15, 0.2) is 12.2 Å². The summed E-state index contributed by atoms with van der Waals surface area (Å²) in [7, 11) is 0. The van der Waals surface area contributed by atoms with E-state index in [0.717, 1.165) is 11.1 Å². The number of esters is 2. The van der Waals surface area contributed by atoms with E-state index < -0.39 is 24.1 Å². The predicted octanol–water partition coefficient (Wildman–Crippen LogP) is 3.60. The second-order valence-corrected chi connectivity index (χ2v) is 5.34. The second-order valence-electron chi connectivity index (χ2n) is 5.34. The zero-order valence-corrected chi connectivity index (χ0v) is 14.6. The smallest absolute Gasteiger partial charge is 0.304 e. The molecule has 0 radical (unpaired) electrons. The molecule has 0 aliphatic rings. The van der Waals surface area contributed by atoms with Crippen LogP contribution in [0.1, 0.15) is 37.2 Å². The summed E-state index contributed by atoms with van der Waals surface area (Å²) in [6.45, 7) is 2.66. The predicted molar refractivity (Wildman–Crippen MR) is 97.5 cm³/mol. The van der Waals surface area contributed by atoms with E-state index in [0.29, 0.717) is 0 Å². The maximum Gasteiger partial charge on any atom is 0.304 e. The molecule has 2 rings (SSSR count). The van der Waals surface area contributed by atoms with Crippen molar-refractivity contribution >= 4 is 11.9 Å². The van der Waals surface area contributed by atoms with Crippen LogP contribution in [0.4, 0.5) is 0 Å². The molecule has 2 atom stereocenters. The third-order valence-electron chi connectivity index (χ3n) is 3.24. The van der Waals surface area contributed by atoms with E-state index in [-0.39, 0.29) is 0 Å². The van der Waals surface area contributed by atoms with E-state index in [1.54, 1.807) is 0 Å². The molecular weight excluding hydrogens is 328 g/mol. The molecule has 2 aromatic carbocycles. The third-order valence-corrected chi connectivity index (χ3v) is 3.24. The number of hydrogen-bond acceptors (Lipinski definition) is 4. The standard InChI is InChI=1S/C22H18O4/c1-17(23)25-21(19-11-5-3-6-12-19)15-9-10-16-22(26-18(2)24)20-13-7-4-8-14-20/h3-8,11-14,21-22H,1-2H3. The van der Waals surface area contributed by atoms with Gasteiger partial charge in [-0.05, 0) is 23.7 Å². The van der Waals surface area contributed by atoms with E-state index >= 15 is 0 Å². The SMILES string of the molecule is CC(=O)OC(C#CC#CC(OC(C)=O)c1ccccc1)c1ccccc1. The van der Waals surface area contributed by atoms with E-state index in [1.807, 2.05) is 60.7 Å². The van der Waals surface area contributed by atoms with Crippen LogP contribution in [-0.4, -0.2) is 11.9 Å². The molecule has 4 nitrogen and oxygen atoms in total. The fourth-order valence-electron chi connectivity index (χ4n) is 2.15. The molecule has 130 valence electrons. The molecule has 0 N–H and O–H groups in total. The van der Waals surface area contributed by atoms with Gasteiger partial charge in [-0.1, -0.05) is 60.7 Å². The Morgan fingerprint density at radius 3 is 1.35 bits per heavy atom. The lowest BCUT2D eigenvalue weighted by Gasteiger charge is -2.11. The van der Waals surface area contributed by atoms with E-state index in [2.05, 4.69) is 23.7 Å². The van der Waals surface area contributed by atoms with E-state index in [9.17, 15) is 9.59 Å². The van der Waals surface area contributed by atoms with Crippen LogP contribution in [0.3, 0.4) is 0 Å². The zero-order chi connectivity index (χ0) is 18.8. The normalized spacial score (nSPS) is 11.6. The van der Waals surface area contributed by atoms with Crippen LogP contribution in [0.5, 0.6) is 0 Å². The van der Waals surface area contributed by atoms with Crippen molar-refractivity contribution in [3.05, 3.63) is 71.8 Å². The molecule has 2 aromatic rings. The van der Waals surface area contributed by atoms with Crippen LogP contribution in [0, 0.1) is 23.7 Å². The Morgan fingerprint density at radius 2 is 1.04 bits per heavy atom. The van der Waals surface area contributed by atoms with E-state index in [1.165, 1.54) is 13.8 Å². The van der Waals surface area contributed by atoms with Gasteiger partial charge in [0.1, 0.15) is 0 Å². The van der Waals surface area contributed by atoms with Crippen molar-refractivity contribution in [2.24, 2.45) is 0 Å². The minimum atomic E-state index is -0.702. The van der Waals surface area contributed by atoms with Gasteiger partial charge in [0.25, 0.3) is 0 Å². The molecule has 0 heterocycles. The van der Waals surface area contributed by atoms with Gasteiger partial charge >= 0.3 is 11.9 Å². The highest BCUT2D eigenvalue weighted by Gasteiger charge is 2.12. The lowest BCUT2D eigenvalue weighted by atomic mass is 10.1. The minimum absolute atomic E-state index is 0.428. The third kappa shape index (κ3) is 6.19. The molecule has 0 spiro atoms. The Kier molecular flexibility index (Phi) is 7.04. The maximum absolute atomic E-state index is 11.3. The second kappa shape index (κ2) is 9.71. The number of hydrogen-bond donors (Lipinski definition) is 0. The van der Waals surface area contributed by atoms with Gasteiger partial charge in [-0.2, -0.15) is 0 Å². The molecule has 4 heteroatoms. The minimum Gasteiger partial charge on any atom is -0.444 e. The van der Waals surface area contributed by atoms with Gasteiger partial charge in [-0.25, -0.2) is 0 Å². The van der Waals surface area contributed by atoms with Crippen molar-refractivity contribution in [1.29, 1.82) is 0 Å². The van der Waals surface area contributed by atoms with Gasteiger partial charge in [0.05, 0.1) is 0 Å². The first-order valence-corrected chi connectivity index (χ1v) is 8.01. The first kappa shape index (κ1) is 18.8. The number of benzene rings is 2.